The van der Waals surface area contributed by atoms with Gasteiger partial charge in [-0.25, -0.2) is 0 Å². The molecule has 0 saturated heterocycles. The standard InChI is InChI=1S/C26H46/c1-11-13(3)21-17(7)19(9)23-15(5)12(2)16(6)24-20(10)18(8)22(14(11)4)25(21)26(23)24/h11-26H,1-10H3. The lowest BCUT2D eigenvalue weighted by Gasteiger charge is -2.70. The van der Waals surface area contributed by atoms with E-state index in [4.69, 9.17) is 0 Å². The van der Waals surface area contributed by atoms with Gasteiger partial charge in [-0.05, 0) is 94.7 Å². The van der Waals surface area contributed by atoms with Gasteiger partial charge in [0.05, 0.1) is 0 Å². The van der Waals surface area contributed by atoms with Gasteiger partial charge in [0.15, 0.2) is 0 Å². The van der Waals surface area contributed by atoms with Gasteiger partial charge in [-0.2, -0.15) is 0 Å². The van der Waals surface area contributed by atoms with E-state index in [0.29, 0.717) is 0 Å². The predicted octanol–water partition coefficient (Wildman–Crippen LogP) is 7.10. The Kier molecular flexibility index (Phi) is 4.64. The topological polar surface area (TPSA) is 0 Å². The Morgan fingerprint density at radius 3 is 0.538 bits per heavy atom. The molecule has 0 aromatic heterocycles. The predicted molar refractivity (Wildman–Crippen MR) is 113 cm³/mol. The Hall–Kier alpha value is 0. The lowest BCUT2D eigenvalue weighted by Crippen LogP contribution is -2.66. The minimum atomic E-state index is 0.899. The van der Waals surface area contributed by atoms with Crippen LogP contribution in [0.2, 0.25) is 0 Å². The normalized spacial score (nSPS) is 67.6. The molecule has 0 radical (unpaired) electrons. The van der Waals surface area contributed by atoms with Gasteiger partial charge in [0.1, 0.15) is 0 Å². The minimum absolute atomic E-state index is 0.899. The maximum Gasteiger partial charge on any atom is -0.0313 e. The quantitative estimate of drug-likeness (QED) is 0.433. The zero-order valence-corrected chi connectivity index (χ0v) is 19.2. The highest BCUT2D eigenvalue weighted by molar-refractivity contribution is 5.12. The van der Waals surface area contributed by atoms with Crippen LogP contribution in [0.4, 0.5) is 0 Å². The highest BCUT2D eigenvalue weighted by atomic mass is 14.7. The molecule has 0 N–H and O–H groups in total. The van der Waals surface area contributed by atoms with Crippen LogP contribution in [0, 0.1) is 94.7 Å². The first kappa shape index (κ1) is 19.3. The third-order valence-electron chi connectivity index (χ3n) is 12.1. The summed E-state index contributed by atoms with van der Waals surface area (Å²) in [5.74, 6) is 15.1. The number of hydrogen-bond donors (Lipinski definition) is 0. The third-order valence-corrected chi connectivity index (χ3v) is 12.1. The molecule has 12 unspecified atom stereocenters. The van der Waals surface area contributed by atoms with Crippen molar-refractivity contribution in [3.8, 4) is 0 Å². The van der Waals surface area contributed by atoms with Crippen molar-refractivity contribution in [2.75, 3.05) is 0 Å². The second kappa shape index (κ2) is 6.25. The van der Waals surface area contributed by atoms with Crippen LogP contribution in [-0.2, 0) is 0 Å². The maximum absolute atomic E-state index is 2.65. The van der Waals surface area contributed by atoms with Crippen LogP contribution in [0.3, 0.4) is 0 Å². The molecule has 0 aliphatic heterocycles. The zero-order valence-electron chi connectivity index (χ0n) is 19.2. The van der Waals surface area contributed by atoms with E-state index in [2.05, 4.69) is 69.2 Å². The zero-order chi connectivity index (χ0) is 19.2. The van der Waals surface area contributed by atoms with Crippen molar-refractivity contribution in [3.05, 3.63) is 0 Å². The van der Waals surface area contributed by atoms with E-state index in [1.807, 2.05) is 0 Å². The van der Waals surface area contributed by atoms with Gasteiger partial charge < -0.3 is 0 Å². The minimum Gasteiger partial charge on any atom is -0.0620 e. The fourth-order valence-corrected chi connectivity index (χ4v) is 10.0. The van der Waals surface area contributed by atoms with Crippen LogP contribution in [0.5, 0.6) is 0 Å². The average molecular weight is 359 g/mol. The first-order valence-corrected chi connectivity index (χ1v) is 12.1. The Balaban J connectivity index is 1.88. The van der Waals surface area contributed by atoms with Gasteiger partial charge in [-0.3, -0.25) is 0 Å². The Morgan fingerprint density at radius 2 is 0.346 bits per heavy atom. The van der Waals surface area contributed by atoms with Crippen LogP contribution in [-0.4, -0.2) is 0 Å². The van der Waals surface area contributed by atoms with Gasteiger partial charge in [0.2, 0.25) is 0 Å². The third kappa shape index (κ3) is 2.20. The van der Waals surface area contributed by atoms with E-state index in [9.17, 15) is 0 Å². The first-order chi connectivity index (χ1) is 12.1. The Morgan fingerprint density at radius 1 is 0.192 bits per heavy atom. The fourth-order valence-electron chi connectivity index (χ4n) is 10.0. The highest BCUT2D eigenvalue weighted by Gasteiger charge is 2.65. The van der Waals surface area contributed by atoms with E-state index < -0.39 is 0 Å². The van der Waals surface area contributed by atoms with E-state index in [1.165, 1.54) is 0 Å². The second-order valence-electron chi connectivity index (χ2n) is 12.1. The average Bonchev–Trinajstić information content (AvgIpc) is 2.60. The van der Waals surface area contributed by atoms with Crippen molar-refractivity contribution >= 4 is 0 Å². The summed E-state index contributed by atoms with van der Waals surface area (Å²) in [6.45, 7) is 26.3. The molecule has 4 rings (SSSR count). The molecular weight excluding hydrogens is 312 g/mol. The van der Waals surface area contributed by atoms with Crippen LogP contribution >= 0.6 is 0 Å². The Labute approximate surface area is 164 Å². The fraction of sp³-hybridized carbons (Fsp3) is 1.00. The number of rotatable bonds is 0. The molecular formula is C26H46. The summed E-state index contributed by atoms with van der Waals surface area (Å²) in [4.78, 5) is 0. The summed E-state index contributed by atoms with van der Waals surface area (Å²) in [5, 5.41) is 0. The van der Waals surface area contributed by atoms with Crippen LogP contribution in [0.1, 0.15) is 69.2 Å². The van der Waals surface area contributed by atoms with Crippen LogP contribution in [0.15, 0.2) is 0 Å². The molecule has 12 atom stereocenters. The maximum atomic E-state index is 2.65. The molecule has 0 bridgehead atoms. The summed E-state index contributed by atoms with van der Waals surface area (Å²) in [5.41, 5.74) is 0. The van der Waals surface area contributed by atoms with Crippen molar-refractivity contribution in [2.45, 2.75) is 69.2 Å². The molecule has 4 aliphatic carbocycles. The lowest BCUT2D eigenvalue weighted by molar-refractivity contribution is -0.232. The summed E-state index contributed by atoms with van der Waals surface area (Å²) < 4.78 is 0. The van der Waals surface area contributed by atoms with Gasteiger partial charge in [-0.15, -0.1) is 0 Å². The molecule has 4 saturated carbocycles. The summed E-state index contributed by atoms with van der Waals surface area (Å²) in [7, 11) is 0. The van der Waals surface area contributed by atoms with Gasteiger partial charge in [0, 0.05) is 0 Å². The van der Waals surface area contributed by atoms with Crippen molar-refractivity contribution in [1.29, 1.82) is 0 Å². The monoisotopic (exact) mass is 358 g/mol. The van der Waals surface area contributed by atoms with E-state index in [1.54, 1.807) is 0 Å². The van der Waals surface area contributed by atoms with E-state index in [-0.39, 0.29) is 0 Å². The summed E-state index contributed by atoms with van der Waals surface area (Å²) in [6.07, 6.45) is 0. The first-order valence-electron chi connectivity index (χ1n) is 12.1. The smallest absolute Gasteiger partial charge is 0.0313 e. The molecule has 4 fully saturated rings. The molecule has 0 heteroatoms. The molecule has 150 valence electrons. The van der Waals surface area contributed by atoms with E-state index >= 15 is 0 Å². The second-order valence-corrected chi connectivity index (χ2v) is 12.1. The summed E-state index contributed by atoms with van der Waals surface area (Å²) >= 11 is 0. The molecule has 0 heterocycles. The van der Waals surface area contributed by atoms with Crippen LogP contribution in [0.25, 0.3) is 0 Å². The highest BCUT2D eigenvalue weighted by Crippen LogP contribution is 2.70. The molecule has 0 nitrogen and oxygen atoms in total. The summed E-state index contributed by atoms with van der Waals surface area (Å²) in [6, 6.07) is 0. The Bertz CT molecular complexity index is 444. The largest absolute Gasteiger partial charge is 0.0620 e. The van der Waals surface area contributed by atoms with Crippen molar-refractivity contribution in [1.82, 2.24) is 0 Å². The van der Waals surface area contributed by atoms with Gasteiger partial charge in [-0.1, -0.05) is 69.2 Å². The van der Waals surface area contributed by atoms with Crippen molar-refractivity contribution in [3.63, 3.8) is 0 Å². The SMILES string of the molecule is CC1C(C)C2C(C)C(C)C3C(C)C(C)C(C)C4C(C)C(C)C(C1C)C2C34. The van der Waals surface area contributed by atoms with Crippen molar-refractivity contribution < 1.29 is 0 Å². The molecule has 0 aromatic carbocycles. The molecule has 0 aromatic rings. The van der Waals surface area contributed by atoms with E-state index in [0.717, 1.165) is 94.7 Å². The van der Waals surface area contributed by atoms with Gasteiger partial charge in [0.25, 0.3) is 0 Å². The molecule has 0 spiro atoms. The molecule has 0 amide bonds. The van der Waals surface area contributed by atoms with Crippen LogP contribution < -0.4 is 0 Å². The number of hydrogen-bond acceptors (Lipinski definition) is 0. The lowest BCUT2D eigenvalue weighted by atomic mass is 9.34. The van der Waals surface area contributed by atoms with Gasteiger partial charge >= 0.3 is 0 Å². The molecule has 26 heavy (non-hydrogen) atoms. The molecule has 4 aliphatic rings. The van der Waals surface area contributed by atoms with Crippen molar-refractivity contribution in [2.24, 2.45) is 94.7 Å².